The number of para-hydroxylation sites is 2. The molecule has 0 spiro atoms. The lowest BCUT2D eigenvalue weighted by Crippen LogP contribution is -2.50. The Labute approximate surface area is 187 Å². The molecule has 2 aliphatic heterocycles. The van der Waals surface area contributed by atoms with E-state index in [2.05, 4.69) is 14.8 Å². The van der Waals surface area contributed by atoms with Gasteiger partial charge in [0.1, 0.15) is 11.3 Å². The van der Waals surface area contributed by atoms with E-state index in [0.717, 1.165) is 42.5 Å². The number of hydrogen-bond acceptors (Lipinski definition) is 8. The topological polar surface area (TPSA) is 95.4 Å². The van der Waals surface area contributed by atoms with Crippen molar-refractivity contribution >= 4 is 17.5 Å². The number of hydrogen-bond donors (Lipinski definition) is 1. The number of ether oxygens (including phenoxy) is 2. The van der Waals surface area contributed by atoms with E-state index in [-0.39, 0.29) is 23.6 Å². The first kappa shape index (κ1) is 22.0. The van der Waals surface area contributed by atoms with Gasteiger partial charge in [0, 0.05) is 38.4 Å². The number of benzene rings is 1. The third kappa shape index (κ3) is 4.13. The van der Waals surface area contributed by atoms with E-state index in [4.69, 9.17) is 9.47 Å². The third-order valence-electron chi connectivity index (χ3n) is 5.90. The standard InChI is InChI=1S/C23H28N4O5/c1-15-12-17-20(21(24-15)32-3)23(30)27(22(17)29)14-16(28)13-25-8-10-26(11-9-25)18-6-4-5-7-19(18)31-2/h4-7,12,16,28H,8-11,13-14H2,1-3H3. The summed E-state index contributed by atoms with van der Waals surface area (Å²) < 4.78 is 10.7. The predicted molar refractivity (Wildman–Crippen MR) is 119 cm³/mol. The van der Waals surface area contributed by atoms with Crippen LogP contribution in [0.3, 0.4) is 0 Å². The molecular formula is C23H28N4O5. The zero-order chi connectivity index (χ0) is 22.8. The van der Waals surface area contributed by atoms with Crippen LogP contribution in [0.5, 0.6) is 11.6 Å². The van der Waals surface area contributed by atoms with E-state index < -0.39 is 17.9 Å². The molecule has 9 nitrogen and oxygen atoms in total. The summed E-state index contributed by atoms with van der Waals surface area (Å²) in [7, 11) is 3.08. The lowest BCUT2D eigenvalue weighted by molar-refractivity contribution is 0.0468. The lowest BCUT2D eigenvalue weighted by atomic mass is 10.1. The molecule has 1 aromatic heterocycles. The molecule has 1 fully saturated rings. The minimum Gasteiger partial charge on any atom is -0.495 e. The van der Waals surface area contributed by atoms with Crippen LogP contribution in [0, 0.1) is 6.92 Å². The van der Waals surface area contributed by atoms with Gasteiger partial charge in [-0.15, -0.1) is 0 Å². The molecule has 0 radical (unpaired) electrons. The first-order valence-electron chi connectivity index (χ1n) is 10.6. The Morgan fingerprint density at radius 1 is 1.03 bits per heavy atom. The second-order valence-corrected chi connectivity index (χ2v) is 8.03. The van der Waals surface area contributed by atoms with Gasteiger partial charge in [0.25, 0.3) is 11.8 Å². The number of anilines is 1. The summed E-state index contributed by atoms with van der Waals surface area (Å²) in [5, 5.41) is 10.7. The number of nitrogens with zero attached hydrogens (tertiary/aromatic N) is 4. The number of fused-ring (bicyclic) bond motifs is 1. The number of aryl methyl sites for hydroxylation is 1. The van der Waals surface area contributed by atoms with Crippen LogP contribution in [0.2, 0.25) is 0 Å². The van der Waals surface area contributed by atoms with Gasteiger partial charge in [0.15, 0.2) is 0 Å². The van der Waals surface area contributed by atoms with Crippen molar-refractivity contribution in [2.24, 2.45) is 0 Å². The fourth-order valence-corrected chi connectivity index (χ4v) is 4.33. The van der Waals surface area contributed by atoms with Crippen molar-refractivity contribution < 1.29 is 24.2 Å². The van der Waals surface area contributed by atoms with Crippen LogP contribution in [-0.2, 0) is 0 Å². The monoisotopic (exact) mass is 440 g/mol. The van der Waals surface area contributed by atoms with Gasteiger partial charge >= 0.3 is 0 Å². The largest absolute Gasteiger partial charge is 0.495 e. The minimum absolute atomic E-state index is 0.0682. The number of amides is 2. The number of pyridine rings is 1. The number of rotatable bonds is 7. The second kappa shape index (κ2) is 9.13. The van der Waals surface area contributed by atoms with E-state index in [1.165, 1.54) is 7.11 Å². The summed E-state index contributed by atoms with van der Waals surface area (Å²) in [5.41, 5.74) is 2.09. The molecule has 2 aromatic rings. The van der Waals surface area contributed by atoms with E-state index in [1.807, 2.05) is 24.3 Å². The minimum atomic E-state index is -0.852. The number of β-amino-alcohol motifs (C(OH)–C–C–N with tert-alkyl or cyclic N) is 1. The van der Waals surface area contributed by atoms with Gasteiger partial charge in [-0.05, 0) is 25.1 Å². The fraction of sp³-hybridized carbons (Fsp3) is 0.435. The van der Waals surface area contributed by atoms with Gasteiger partial charge in [-0.2, -0.15) is 0 Å². The van der Waals surface area contributed by atoms with E-state index in [0.29, 0.717) is 12.2 Å². The molecular weight excluding hydrogens is 412 g/mol. The van der Waals surface area contributed by atoms with Crippen molar-refractivity contribution in [3.05, 3.63) is 47.2 Å². The quantitative estimate of drug-likeness (QED) is 0.642. The average Bonchev–Trinajstić information content (AvgIpc) is 3.03. The van der Waals surface area contributed by atoms with Crippen LogP contribution in [0.1, 0.15) is 26.4 Å². The number of aliphatic hydroxyl groups is 1. The van der Waals surface area contributed by atoms with Crippen molar-refractivity contribution in [1.29, 1.82) is 0 Å². The summed E-state index contributed by atoms with van der Waals surface area (Å²) >= 11 is 0. The van der Waals surface area contributed by atoms with Gasteiger partial charge in [0.2, 0.25) is 5.88 Å². The highest BCUT2D eigenvalue weighted by molar-refractivity contribution is 6.22. The maximum Gasteiger partial charge on any atom is 0.267 e. The van der Waals surface area contributed by atoms with Crippen LogP contribution in [-0.4, -0.2) is 91.3 Å². The first-order chi connectivity index (χ1) is 15.4. The molecule has 2 aliphatic rings. The van der Waals surface area contributed by atoms with E-state index in [9.17, 15) is 14.7 Å². The lowest BCUT2D eigenvalue weighted by Gasteiger charge is -2.37. The number of piperazine rings is 1. The number of aliphatic hydroxyl groups excluding tert-OH is 1. The number of aromatic nitrogens is 1. The number of carbonyl (C=O) groups excluding carboxylic acids is 2. The summed E-state index contributed by atoms with van der Waals surface area (Å²) in [5.74, 6) is 0.0813. The Hall–Kier alpha value is -3.17. The summed E-state index contributed by atoms with van der Waals surface area (Å²) in [4.78, 5) is 35.3. The van der Waals surface area contributed by atoms with E-state index >= 15 is 0 Å². The summed E-state index contributed by atoms with van der Waals surface area (Å²) in [6, 6.07) is 9.50. The maximum atomic E-state index is 12.8. The highest BCUT2D eigenvalue weighted by atomic mass is 16.5. The Balaban J connectivity index is 1.35. The van der Waals surface area contributed by atoms with Crippen molar-refractivity contribution in [2.45, 2.75) is 13.0 Å². The van der Waals surface area contributed by atoms with Crippen LogP contribution in [0.15, 0.2) is 30.3 Å². The fourth-order valence-electron chi connectivity index (χ4n) is 4.33. The average molecular weight is 441 g/mol. The van der Waals surface area contributed by atoms with Crippen molar-refractivity contribution in [3.63, 3.8) is 0 Å². The van der Waals surface area contributed by atoms with Gasteiger partial charge in [0.05, 0.1) is 38.1 Å². The van der Waals surface area contributed by atoms with Gasteiger partial charge in [-0.25, -0.2) is 4.98 Å². The molecule has 0 aliphatic carbocycles. The van der Waals surface area contributed by atoms with E-state index in [1.54, 1.807) is 20.1 Å². The SMILES string of the molecule is COc1ccccc1N1CCN(CC(O)CN2C(=O)c3cc(C)nc(OC)c3C2=O)CC1. The van der Waals surface area contributed by atoms with Gasteiger partial charge in [-0.1, -0.05) is 12.1 Å². The molecule has 1 aromatic carbocycles. The molecule has 9 heteroatoms. The molecule has 1 atom stereocenters. The molecule has 4 rings (SSSR count). The molecule has 0 bridgehead atoms. The molecule has 1 saturated heterocycles. The predicted octanol–water partition coefficient (Wildman–Crippen LogP) is 1.19. The van der Waals surface area contributed by atoms with Crippen LogP contribution < -0.4 is 14.4 Å². The summed E-state index contributed by atoms with van der Waals surface area (Å²) in [6.07, 6.45) is -0.852. The van der Waals surface area contributed by atoms with Crippen molar-refractivity contribution in [1.82, 2.24) is 14.8 Å². The molecule has 3 heterocycles. The molecule has 0 saturated carbocycles. The highest BCUT2D eigenvalue weighted by Crippen LogP contribution is 2.31. The number of imide groups is 1. The molecule has 1 unspecified atom stereocenters. The van der Waals surface area contributed by atoms with Crippen molar-refractivity contribution in [3.8, 4) is 11.6 Å². The van der Waals surface area contributed by atoms with Crippen LogP contribution >= 0.6 is 0 Å². The molecule has 32 heavy (non-hydrogen) atoms. The normalized spacial score (nSPS) is 17.5. The Morgan fingerprint density at radius 2 is 1.75 bits per heavy atom. The zero-order valence-corrected chi connectivity index (χ0v) is 18.6. The summed E-state index contributed by atoms with van der Waals surface area (Å²) in [6.45, 7) is 5.15. The Morgan fingerprint density at radius 3 is 2.44 bits per heavy atom. The second-order valence-electron chi connectivity index (χ2n) is 8.03. The van der Waals surface area contributed by atoms with Gasteiger partial charge in [-0.3, -0.25) is 19.4 Å². The number of carbonyl (C=O) groups is 2. The number of methoxy groups -OCH3 is 2. The maximum absolute atomic E-state index is 12.8. The molecule has 170 valence electrons. The highest BCUT2D eigenvalue weighted by Gasteiger charge is 2.40. The Bertz CT molecular complexity index is 1020. The Kier molecular flexibility index (Phi) is 6.29. The smallest absolute Gasteiger partial charge is 0.267 e. The molecule has 2 amide bonds. The van der Waals surface area contributed by atoms with Crippen LogP contribution in [0.4, 0.5) is 5.69 Å². The van der Waals surface area contributed by atoms with Gasteiger partial charge < -0.3 is 19.5 Å². The molecule has 1 N–H and O–H groups in total. The third-order valence-corrected chi connectivity index (χ3v) is 5.90. The van der Waals surface area contributed by atoms with Crippen LogP contribution in [0.25, 0.3) is 0 Å². The zero-order valence-electron chi connectivity index (χ0n) is 18.6. The first-order valence-corrected chi connectivity index (χ1v) is 10.6. The van der Waals surface area contributed by atoms with Crippen molar-refractivity contribution in [2.75, 3.05) is 58.4 Å².